The summed E-state index contributed by atoms with van der Waals surface area (Å²) in [4.78, 5) is 22.2. The van der Waals surface area contributed by atoms with E-state index in [9.17, 15) is 9.59 Å². The minimum absolute atomic E-state index is 0.0459. The number of carboxylic acids is 1. The summed E-state index contributed by atoms with van der Waals surface area (Å²) in [6.07, 6.45) is 0.740. The number of hydrogen-bond acceptors (Lipinski definition) is 3. The Kier molecular flexibility index (Phi) is 5.66. The number of anilines is 2. The number of urea groups is 1. The molecule has 2 amide bonds. The summed E-state index contributed by atoms with van der Waals surface area (Å²) < 4.78 is 0. The highest BCUT2D eigenvalue weighted by Gasteiger charge is 2.12. The lowest BCUT2D eigenvalue weighted by atomic mass is 10.0. The van der Waals surface area contributed by atoms with Gasteiger partial charge in [-0.15, -0.1) is 0 Å². The quantitative estimate of drug-likeness (QED) is 0.589. The molecule has 0 bridgehead atoms. The van der Waals surface area contributed by atoms with Crippen molar-refractivity contribution in [2.75, 3.05) is 17.6 Å². The molecule has 19 heavy (non-hydrogen) atoms. The summed E-state index contributed by atoms with van der Waals surface area (Å²) in [5.74, 6) is -0.933. The number of carbonyl (C=O) groups is 2. The molecule has 0 fully saturated rings. The molecule has 1 aromatic rings. The van der Waals surface area contributed by atoms with Gasteiger partial charge >= 0.3 is 12.0 Å². The molecular formula is C13H19N3O3. The molecule has 1 aromatic carbocycles. The maximum Gasteiger partial charge on any atom is 0.319 e. The number of carbonyl (C=O) groups excluding carboxylic acids is 1. The van der Waals surface area contributed by atoms with Gasteiger partial charge in [0.2, 0.25) is 0 Å². The molecule has 0 saturated heterocycles. The lowest BCUT2D eigenvalue weighted by molar-refractivity contribution is -0.138. The predicted molar refractivity (Wildman–Crippen MR) is 73.9 cm³/mol. The van der Waals surface area contributed by atoms with Gasteiger partial charge in [-0.2, -0.15) is 0 Å². The maximum absolute atomic E-state index is 11.6. The van der Waals surface area contributed by atoms with E-state index in [1.165, 1.54) is 0 Å². The molecule has 0 aliphatic rings. The molecule has 6 heteroatoms. The lowest BCUT2D eigenvalue weighted by Crippen LogP contribution is -2.33. The van der Waals surface area contributed by atoms with Crippen molar-refractivity contribution in [2.24, 2.45) is 5.92 Å². The Balaban J connectivity index is 2.43. The first-order chi connectivity index (χ1) is 9.02. The van der Waals surface area contributed by atoms with Crippen LogP contribution in [0.1, 0.15) is 19.8 Å². The summed E-state index contributed by atoms with van der Waals surface area (Å²) in [5, 5.41) is 14.0. The molecule has 104 valence electrons. The number of rotatable bonds is 6. The van der Waals surface area contributed by atoms with Crippen LogP contribution in [0.25, 0.3) is 0 Å². The zero-order chi connectivity index (χ0) is 14.3. The molecule has 1 atom stereocenters. The highest BCUT2D eigenvalue weighted by Crippen LogP contribution is 2.16. The average molecular weight is 265 g/mol. The largest absolute Gasteiger partial charge is 0.481 e. The SMILES string of the molecule is CCC(CNC(=O)Nc1ccccc1N)CC(=O)O. The van der Waals surface area contributed by atoms with Crippen molar-refractivity contribution in [3.63, 3.8) is 0 Å². The van der Waals surface area contributed by atoms with Crippen LogP contribution < -0.4 is 16.4 Å². The van der Waals surface area contributed by atoms with Crippen LogP contribution in [0, 0.1) is 5.92 Å². The molecule has 1 unspecified atom stereocenters. The highest BCUT2D eigenvalue weighted by molar-refractivity contribution is 5.92. The highest BCUT2D eigenvalue weighted by atomic mass is 16.4. The first-order valence-corrected chi connectivity index (χ1v) is 6.14. The molecule has 0 spiro atoms. The third-order valence-electron chi connectivity index (χ3n) is 2.80. The Hall–Kier alpha value is -2.24. The maximum atomic E-state index is 11.6. The minimum atomic E-state index is -0.860. The molecule has 0 aromatic heterocycles. The monoisotopic (exact) mass is 265 g/mol. The van der Waals surface area contributed by atoms with Gasteiger partial charge in [-0.3, -0.25) is 4.79 Å². The van der Waals surface area contributed by atoms with Crippen LogP contribution in [0.5, 0.6) is 0 Å². The Morgan fingerprint density at radius 1 is 1.37 bits per heavy atom. The van der Waals surface area contributed by atoms with Gasteiger partial charge in [0.05, 0.1) is 11.4 Å². The van der Waals surface area contributed by atoms with Crippen molar-refractivity contribution in [1.29, 1.82) is 0 Å². The first-order valence-electron chi connectivity index (χ1n) is 6.14. The second kappa shape index (κ2) is 7.25. The zero-order valence-electron chi connectivity index (χ0n) is 10.8. The molecule has 1 rings (SSSR count). The van der Waals surface area contributed by atoms with Crippen LogP contribution >= 0.6 is 0 Å². The van der Waals surface area contributed by atoms with Crippen LogP contribution in [0.2, 0.25) is 0 Å². The normalized spacial score (nSPS) is 11.6. The summed E-state index contributed by atoms with van der Waals surface area (Å²) in [7, 11) is 0. The fourth-order valence-corrected chi connectivity index (χ4v) is 1.62. The van der Waals surface area contributed by atoms with Gasteiger partial charge in [-0.05, 0) is 18.1 Å². The van der Waals surface area contributed by atoms with E-state index in [0.717, 1.165) is 0 Å². The number of aliphatic carboxylic acids is 1. The third-order valence-corrected chi connectivity index (χ3v) is 2.80. The summed E-state index contributed by atoms with van der Waals surface area (Å²) in [5.41, 5.74) is 6.71. The van der Waals surface area contributed by atoms with E-state index in [1.54, 1.807) is 24.3 Å². The Labute approximate surface area is 112 Å². The standard InChI is InChI=1S/C13H19N3O3/c1-2-9(7-12(17)18)8-15-13(19)16-11-6-4-3-5-10(11)14/h3-6,9H,2,7-8,14H2,1H3,(H,17,18)(H2,15,16,19). The van der Waals surface area contributed by atoms with Crippen molar-refractivity contribution in [3.8, 4) is 0 Å². The van der Waals surface area contributed by atoms with Crippen LogP contribution in [-0.4, -0.2) is 23.7 Å². The Morgan fingerprint density at radius 3 is 2.63 bits per heavy atom. The lowest BCUT2D eigenvalue weighted by Gasteiger charge is -2.14. The van der Waals surface area contributed by atoms with Gasteiger partial charge in [-0.25, -0.2) is 4.79 Å². The first kappa shape index (κ1) is 14.8. The molecular weight excluding hydrogens is 246 g/mol. The van der Waals surface area contributed by atoms with Crippen molar-refractivity contribution in [2.45, 2.75) is 19.8 Å². The van der Waals surface area contributed by atoms with Crippen LogP contribution in [0.3, 0.4) is 0 Å². The van der Waals surface area contributed by atoms with Crippen LogP contribution in [0.4, 0.5) is 16.2 Å². The number of carboxylic acid groups (broad SMARTS) is 1. The van der Waals surface area contributed by atoms with Crippen LogP contribution in [-0.2, 0) is 4.79 Å². The number of nitrogens with one attached hydrogen (secondary N) is 2. The Bertz CT molecular complexity index is 449. The average Bonchev–Trinajstić information content (AvgIpc) is 2.37. The summed E-state index contributed by atoms with van der Waals surface area (Å²) in [6.45, 7) is 2.21. The van der Waals surface area contributed by atoms with Crippen molar-refractivity contribution < 1.29 is 14.7 Å². The second-order valence-corrected chi connectivity index (χ2v) is 4.29. The van der Waals surface area contributed by atoms with E-state index >= 15 is 0 Å². The van der Waals surface area contributed by atoms with E-state index in [1.807, 2.05) is 6.92 Å². The van der Waals surface area contributed by atoms with Gasteiger partial charge in [0, 0.05) is 13.0 Å². The van der Waals surface area contributed by atoms with Gasteiger partial charge in [0.15, 0.2) is 0 Å². The number of nitrogen functional groups attached to an aromatic ring is 1. The molecule has 0 saturated carbocycles. The third kappa shape index (κ3) is 5.29. The number of para-hydroxylation sites is 2. The molecule has 0 aliphatic carbocycles. The van der Waals surface area contributed by atoms with Gasteiger partial charge in [-0.1, -0.05) is 25.5 Å². The van der Waals surface area contributed by atoms with Crippen molar-refractivity contribution in [1.82, 2.24) is 5.32 Å². The summed E-state index contributed by atoms with van der Waals surface area (Å²) in [6, 6.07) is 6.55. The minimum Gasteiger partial charge on any atom is -0.481 e. The summed E-state index contributed by atoms with van der Waals surface area (Å²) >= 11 is 0. The van der Waals surface area contributed by atoms with E-state index in [0.29, 0.717) is 24.3 Å². The van der Waals surface area contributed by atoms with Gasteiger partial charge in [0.1, 0.15) is 0 Å². The Morgan fingerprint density at radius 2 is 2.05 bits per heavy atom. The second-order valence-electron chi connectivity index (χ2n) is 4.29. The molecule has 5 N–H and O–H groups in total. The number of amides is 2. The fraction of sp³-hybridized carbons (Fsp3) is 0.385. The van der Waals surface area contributed by atoms with E-state index in [-0.39, 0.29) is 18.4 Å². The molecule has 0 aliphatic heterocycles. The van der Waals surface area contributed by atoms with Crippen molar-refractivity contribution >= 4 is 23.4 Å². The van der Waals surface area contributed by atoms with Gasteiger partial charge in [0.25, 0.3) is 0 Å². The van der Waals surface area contributed by atoms with Gasteiger partial charge < -0.3 is 21.5 Å². The van der Waals surface area contributed by atoms with E-state index in [2.05, 4.69) is 10.6 Å². The topological polar surface area (TPSA) is 104 Å². The number of nitrogens with two attached hydrogens (primary N) is 1. The van der Waals surface area contributed by atoms with E-state index < -0.39 is 5.97 Å². The predicted octanol–water partition coefficient (Wildman–Crippen LogP) is 1.89. The number of benzene rings is 1. The van der Waals surface area contributed by atoms with E-state index in [4.69, 9.17) is 10.8 Å². The zero-order valence-corrected chi connectivity index (χ0v) is 10.8. The smallest absolute Gasteiger partial charge is 0.319 e. The molecule has 0 radical (unpaired) electrons. The fourth-order valence-electron chi connectivity index (χ4n) is 1.62. The number of hydrogen-bond donors (Lipinski definition) is 4. The van der Waals surface area contributed by atoms with Crippen LogP contribution in [0.15, 0.2) is 24.3 Å². The molecule has 0 heterocycles. The molecule has 6 nitrogen and oxygen atoms in total. The van der Waals surface area contributed by atoms with Crippen molar-refractivity contribution in [3.05, 3.63) is 24.3 Å².